The van der Waals surface area contributed by atoms with E-state index in [2.05, 4.69) is 25.3 Å². The minimum Gasteiger partial charge on any atom is -0.406 e. The number of anilines is 3. The molecule has 1 fully saturated rings. The Morgan fingerprint density at radius 1 is 0.914 bits per heavy atom. The third-order valence-corrected chi connectivity index (χ3v) is 5.66. The molecular formula is C23H19ClF6N4O. The Balaban J connectivity index is 1.75. The summed E-state index contributed by atoms with van der Waals surface area (Å²) in [6.45, 7) is 0. The van der Waals surface area contributed by atoms with E-state index in [1.165, 1.54) is 30.3 Å². The van der Waals surface area contributed by atoms with Gasteiger partial charge in [0.2, 0.25) is 5.95 Å². The Morgan fingerprint density at radius 2 is 1.63 bits per heavy atom. The normalized spacial score (nSPS) is 14.7. The summed E-state index contributed by atoms with van der Waals surface area (Å²) in [6.07, 6.45) is -5.81. The first-order valence-electron chi connectivity index (χ1n) is 10.6. The highest BCUT2D eigenvalue weighted by Gasteiger charge is 2.35. The highest BCUT2D eigenvalue weighted by atomic mass is 35.5. The topological polar surface area (TPSA) is 59.1 Å². The largest absolute Gasteiger partial charge is 0.573 e. The molecule has 1 aliphatic rings. The maximum atomic E-state index is 13.6. The summed E-state index contributed by atoms with van der Waals surface area (Å²) in [5, 5.41) is 5.61. The number of aromatic nitrogens is 2. The molecular weight excluding hydrogens is 498 g/mol. The summed E-state index contributed by atoms with van der Waals surface area (Å²) in [4.78, 5) is 8.68. The molecule has 1 aromatic heterocycles. The number of rotatable bonds is 6. The van der Waals surface area contributed by atoms with Crippen molar-refractivity contribution in [2.75, 3.05) is 10.6 Å². The van der Waals surface area contributed by atoms with Gasteiger partial charge in [-0.25, -0.2) is 4.98 Å². The molecule has 2 N–H and O–H groups in total. The number of hydrogen-bond acceptors (Lipinski definition) is 5. The van der Waals surface area contributed by atoms with Gasteiger partial charge in [-0.05, 0) is 37.1 Å². The smallest absolute Gasteiger partial charge is 0.406 e. The SMILES string of the molecule is FC(F)(F)Oc1cccc(-c2cc(Nc3c(Cl)cccc3C(F)(F)F)nc(NC3CCCC3)n2)c1. The lowest BCUT2D eigenvalue weighted by molar-refractivity contribution is -0.274. The summed E-state index contributed by atoms with van der Waals surface area (Å²) in [7, 11) is 0. The zero-order valence-electron chi connectivity index (χ0n) is 18.0. The molecule has 0 bridgehead atoms. The molecule has 35 heavy (non-hydrogen) atoms. The third kappa shape index (κ3) is 6.47. The molecule has 0 unspecified atom stereocenters. The molecule has 186 valence electrons. The monoisotopic (exact) mass is 516 g/mol. The van der Waals surface area contributed by atoms with Crippen LogP contribution in [0.4, 0.5) is 43.8 Å². The van der Waals surface area contributed by atoms with E-state index in [-0.39, 0.29) is 34.1 Å². The molecule has 2 aromatic carbocycles. The lowest BCUT2D eigenvalue weighted by atomic mass is 10.1. The number of benzene rings is 2. The van der Waals surface area contributed by atoms with Crippen molar-refractivity contribution in [3.63, 3.8) is 0 Å². The first kappa shape index (κ1) is 24.9. The molecule has 0 spiro atoms. The molecule has 0 saturated heterocycles. The van der Waals surface area contributed by atoms with Gasteiger partial charge in [-0.1, -0.05) is 42.6 Å². The summed E-state index contributed by atoms with van der Waals surface area (Å²) in [6, 6.07) is 9.89. The maximum Gasteiger partial charge on any atom is 0.573 e. The van der Waals surface area contributed by atoms with Crippen molar-refractivity contribution in [1.82, 2.24) is 9.97 Å². The Labute approximate surface area is 201 Å². The van der Waals surface area contributed by atoms with Crippen molar-refractivity contribution in [2.24, 2.45) is 0 Å². The lowest BCUT2D eigenvalue weighted by Crippen LogP contribution is -2.18. The summed E-state index contributed by atoms with van der Waals surface area (Å²) < 4.78 is 82.7. The lowest BCUT2D eigenvalue weighted by Gasteiger charge is -2.18. The molecule has 0 aliphatic heterocycles. The predicted molar refractivity (Wildman–Crippen MR) is 120 cm³/mol. The van der Waals surface area contributed by atoms with E-state index in [0.29, 0.717) is 0 Å². The Morgan fingerprint density at radius 3 is 2.31 bits per heavy atom. The summed E-state index contributed by atoms with van der Waals surface area (Å²) >= 11 is 6.06. The second-order valence-corrected chi connectivity index (χ2v) is 8.36. The molecule has 3 aromatic rings. The van der Waals surface area contributed by atoms with Gasteiger partial charge in [-0.2, -0.15) is 18.2 Å². The van der Waals surface area contributed by atoms with E-state index < -0.39 is 29.5 Å². The summed E-state index contributed by atoms with van der Waals surface area (Å²) in [5.74, 6) is -0.352. The van der Waals surface area contributed by atoms with Crippen molar-refractivity contribution in [1.29, 1.82) is 0 Å². The zero-order chi connectivity index (χ0) is 25.2. The number of ether oxygens (including phenoxy) is 1. The fourth-order valence-electron chi connectivity index (χ4n) is 3.84. The molecule has 0 radical (unpaired) electrons. The highest BCUT2D eigenvalue weighted by Crippen LogP contribution is 2.40. The fourth-order valence-corrected chi connectivity index (χ4v) is 4.07. The van der Waals surface area contributed by atoms with Crippen LogP contribution in [-0.4, -0.2) is 22.4 Å². The first-order valence-corrected chi connectivity index (χ1v) is 11.0. The third-order valence-electron chi connectivity index (χ3n) is 5.35. The minimum absolute atomic E-state index is 0.0174. The van der Waals surface area contributed by atoms with Gasteiger partial charge in [-0.15, -0.1) is 13.2 Å². The standard InChI is InChI=1S/C23H19ClF6N4O/c24-17-10-4-9-16(22(25,26)27)20(17)33-19-12-18(32-21(34-19)31-14-6-1-2-7-14)13-5-3-8-15(11-13)35-23(28,29)30/h3-5,8-12,14H,1-2,6-7H2,(H2,31,32,33,34). The number of alkyl halides is 6. The molecule has 0 atom stereocenters. The quantitative estimate of drug-likeness (QED) is 0.327. The van der Waals surface area contributed by atoms with Crippen molar-refractivity contribution in [3.05, 3.63) is 59.1 Å². The van der Waals surface area contributed by atoms with E-state index in [1.807, 2.05) is 0 Å². The number of para-hydroxylation sites is 1. The molecule has 12 heteroatoms. The van der Waals surface area contributed by atoms with Crippen LogP contribution < -0.4 is 15.4 Å². The Hall–Kier alpha value is -3.21. The van der Waals surface area contributed by atoms with E-state index in [4.69, 9.17) is 11.6 Å². The molecule has 1 heterocycles. The van der Waals surface area contributed by atoms with Crippen molar-refractivity contribution in [3.8, 4) is 17.0 Å². The van der Waals surface area contributed by atoms with Crippen LogP contribution in [0.15, 0.2) is 48.5 Å². The number of hydrogen-bond donors (Lipinski definition) is 2. The van der Waals surface area contributed by atoms with Gasteiger partial charge in [0.05, 0.1) is 22.0 Å². The van der Waals surface area contributed by atoms with Crippen LogP contribution in [0.3, 0.4) is 0 Å². The molecule has 4 rings (SSSR count). The molecule has 1 saturated carbocycles. The van der Waals surface area contributed by atoms with Gasteiger partial charge in [0.25, 0.3) is 0 Å². The second kappa shape index (κ2) is 9.80. The van der Waals surface area contributed by atoms with Gasteiger partial charge >= 0.3 is 12.5 Å². The van der Waals surface area contributed by atoms with Crippen LogP contribution >= 0.6 is 11.6 Å². The van der Waals surface area contributed by atoms with Crippen LogP contribution in [0.1, 0.15) is 31.2 Å². The predicted octanol–water partition coefficient (Wildman–Crippen LogP) is 7.81. The van der Waals surface area contributed by atoms with Gasteiger partial charge in [0.1, 0.15) is 11.6 Å². The molecule has 1 aliphatic carbocycles. The van der Waals surface area contributed by atoms with Crippen LogP contribution in [-0.2, 0) is 6.18 Å². The fraction of sp³-hybridized carbons (Fsp3) is 0.304. The van der Waals surface area contributed by atoms with Crippen LogP contribution in [0, 0.1) is 0 Å². The van der Waals surface area contributed by atoms with Crippen LogP contribution in [0.2, 0.25) is 5.02 Å². The van der Waals surface area contributed by atoms with Crippen molar-refractivity contribution < 1.29 is 31.1 Å². The molecule has 5 nitrogen and oxygen atoms in total. The van der Waals surface area contributed by atoms with E-state index >= 15 is 0 Å². The maximum absolute atomic E-state index is 13.6. The minimum atomic E-state index is -4.88. The molecule has 0 amide bonds. The number of halogens is 7. The first-order chi connectivity index (χ1) is 16.5. The van der Waals surface area contributed by atoms with E-state index in [0.717, 1.165) is 43.9 Å². The van der Waals surface area contributed by atoms with E-state index in [9.17, 15) is 26.3 Å². The average molecular weight is 517 g/mol. The van der Waals surface area contributed by atoms with Crippen molar-refractivity contribution in [2.45, 2.75) is 44.3 Å². The van der Waals surface area contributed by atoms with E-state index in [1.54, 1.807) is 0 Å². The van der Waals surface area contributed by atoms with Crippen molar-refractivity contribution >= 4 is 29.1 Å². The van der Waals surface area contributed by atoms with Gasteiger partial charge < -0.3 is 15.4 Å². The number of nitrogens with one attached hydrogen (secondary N) is 2. The highest BCUT2D eigenvalue weighted by molar-refractivity contribution is 6.33. The van der Waals surface area contributed by atoms with Gasteiger partial charge in [0.15, 0.2) is 0 Å². The zero-order valence-corrected chi connectivity index (χ0v) is 18.7. The van der Waals surface area contributed by atoms with Gasteiger partial charge in [-0.3, -0.25) is 0 Å². The Bertz CT molecular complexity index is 1200. The number of nitrogens with zero attached hydrogens (tertiary/aromatic N) is 2. The van der Waals surface area contributed by atoms with Crippen LogP contribution in [0.25, 0.3) is 11.3 Å². The summed E-state index contributed by atoms with van der Waals surface area (Å²) in [5.41, 5.74) is -0.957. The van der Waals surface area contributed by atoms with Crippen LogP contribution in [0.5, 0.6) is 5.75 Å². The second-order valence-electron chi connectivity index (χ2n) is 7.95. The average Bonchev–Trinajstić information content (AvgIpc) is 3.26. The Kier molecular flexibility index (Phi) is 6.98. The van der Waals surface area contributed by atoms with Gasteiger partial charge in [0, 0.05) is 17.7 Å².